The Kier molecular flexibility index (Phi) is 2.29. The van der Waals surface area contributed by atoms with Crippen LogP contribution in [-0.4, -0.2) is 16.2 Å². The van der Waals surface area contributed by atoms with Gasteiger partial charge in [-0.25, -0.2) is 4.98 Å². The summed E-state index contributed by atoms with van der Waals surface area (Å²) in [4.78, 5) is 8.34. The highest BCUT2D eigenvalue weighted by molar-refractivity contribution is 7.98. The number of pyridine rings is 1. The number of rotatable bonds is 1. The summed E-state index contributed by atoms with van der Waals surface area (Å²) in [5.41, 5.74) is 3.35. The summed E-state index contributed by atoms with van der Waals surface area (Å²) in [6, 6.07) is 16.8. The summed E-state index contributed by atoms with van der Waals surface area (Å²) in [5.74, 6) is 0. The van der Waals surface area contributed by atoms with Crippen molar-refractivity contribution in [1.29, 1.82) is 0 Å². The smallest absolute Gasteiger partial charge is 0.104 e. The lowest BCUT2D eigenvalue weighted by Gasteiger charge is -2.04. The monoisotopic (exact) mass is 264 g/mol. The van der Waals surface area contributed by atoms with Crippen LogP contribution in [0.1, 0.15) is 0 Å². The molecule has 1 N–H and O–H groups in total. The van der Waals surface area contributed by atoms with E-state index in [1.54, 1.807) is 11.8 Å². The van der Waals surface area contributed by atoms with Gasteiger partial charge in [-0.3, -0.25) is 0 Å². The zero-order chi connectivity index (χ0) is 12.8. The maximum absolute atomic E-state index is 4.84. The van der Waals surface area contributed by atoms with E-state index in [2.05, 4.69) is 59.8 Å². The molecule has 0 aliphatic heterocycles. The molecule has 0 atom stereocenters. The normalized spacial score (nSPS) is 11.6. The molecule has 92 valence electrons. The third-order valence-electron chi connectivity index (χ3n) is 3.51. The highest BCUT2D eigenvalue weighted by Gasteiger charge is 2.11. The Labute approximate surface area is 114 Å². The second-order valence-electron chi connectivity index (χ2n) is 4.56. The number of hydrogen-bond acceptors (Lipinski definition) is 2. The van der Waals surface area contributed by atoms with E-state index in [9.17, 15) is 0 Å². The number of aromatic nitrogens is 2. The zero-order valence-electron chi connectivity index (χ0n) is 10.5. The first-order valence-corrected chi connectivity index (χ1v) is 7.44. The third kappa shape index (κ3) is 1.48. The van der Waals surface area contributed by atoms with E-state index in [0.717, 1.165) is 21.6 Å². The van der Waals surface area contributed by atoms with E-state index in [4.69, 9.17) is 4.98 Å². The van der Waals surface area contributed by atoms with Crippen molar-refractivity contribution in [2.75, 3.05) is 6.26 Å². The van der Waals surface area contributed by atoms with Gasteiger partial charge in [-0.15, -0.1) is 11.8 Å². The standard InChI is InChI=1S/C16H12N2S/c1-19-16-11-7-3-2-6-10(11)14-15(18-16)12-8-4-5-9-13(12)17-14/h2-9,17H,1H3. The minimum Gasteiger partial charge on any atom is -0.353 e. The Morgan fingerprint density at radius 1 is 0.895 bits per heavy atom. The molecular weight excluding hydrogens is 252 g/mol. The number of hydrogen-bond donors (Lipinski definition) is 1. The first-order chi connectivity index (χ1) is 9.38. The predicted molar refractivity (Wildman–Crippen MR) is 82.9 cm³/mol. The molecule has 0 aliphatic rings. The van der Waals surface area contributed by atoms with Gasteiger partial charge in [-0.05, 0) is 12.3 Å². The van der Waals surface area contributed by atoms with Crippen molar-refractivity contribution < 1.29 is 0 Å². The van der Waals surface area contributed by atoms with Crippen molar-refractivity contribution in [2.24, 2.45) is 0 Å². The van der Waals surface area contributed by atoms with Crippen LogP contribution >= 0.6 is 11.8 Å². The van der Waals surface area contributed by atoms with Gasteiger partial charge in [0.15, 0.2) is 0 Å². The third-order valence-corrected chi connectivity index (χ3v) is 4.21. The first-order valence-electron chi connectivity index (χ1n) is 6.21. The Balaban J connectivity index is 2.32. The van der Waals surface area contributed by atoms with E-state index >= 15 is 0 Å². The SMILES string of the molecule is CSc1nc2c3ccccc3[nH]c2c2ccccc12. The Morgan fingerprint density at radius 2 is 1.58 bits per heavy atom. The number of para-hydroxylation sites is 1. The van der Waals surface area contributed by atoms with Crippen LogP contribution in [0.3, 0.4) is 0 Å². The lowest BCUT2D eigenvalue weighted by Crippen LogP contribution is -1.85. The highest BCUT2D eigenvalue weighted by atomic mass is 32.2. The van der Waals surface area contributed by atoms with Gasteiger partial charge in [0.25, 0.3) is 0 Å². The molecule has 0 radical (unpaired) electrons. The van der Waals surface area contributed by atoms with E-state index in [-0.39, 0.29) is 0 Å². The lowest BCUT2D eigenvalue weighted by atomic mass is 10.1. The summed E-state index contributed by atoms with van der Waals surface area (Å²) < 4.78 is 0. The summed E-state index contributed by atoms with van der Waals surface area (Å²) in [6.07, 6.45) is 2.08. The molecule has 0 saturated heterocycles. The van der Waals surface area contributed by atoms with Crippen LogP contribution in [0, 0.1) is 0 Å². The number of aromatic amines is 1. The number of nitrogens with one attached hydrogen (secondary N) is 1. The van der Waals surface area contributed by atoms with E-state index < -0.39 is 0 Å². The molecule has 0 saturated carbocycles. The maximum atomic E-state index is 4.84. The lowest BCUT2D eigenvalue weighted by molar-refractivity contribution is 1.24. The van der Waals surface area contributed by atoms with Crippen LogP contribution in [0.5, 0.6) is 0 Å². The topological polar surface area (TPSA) is 28.7 Å². The molecular formula is C16H12N2S. The zero-order valence-corrected chi connectivity index (χ0v) is 11.3. The van der Waals surface area contributed by atoms with Crippen LogP contribution in [0.15, 0.2) is 53.6 Å². The van der Waals surface area contributed by atoms with Gasteiger partial charge >= 0.3 is 0 Å². The largest absolute Gasteiger partial charge is 0.353 e. The number of thioether (sulfide) groups is 1. The number of benzene rings is 2. The molecule has 2 heterocycles. The van der Waals surface area contributed by atoms with E-state index in [1.165, 1.54) is 16.2 Å². The Bertz CT molecular complexity index is 908. The van der Waals surface area contributed by atoms with Gasteiger partial charge in [0.05, 0.1) is 11.0 Å². The Morgan fingerprint density at radius 3 is 2.37 bits per heavy atom. The van der Waals surface area contributed by atoms with Crippen LogP contribution in [0.2, 0.25) is 0 Å². The van der Waals surface area contributed by atoms with Crippen LogP contribution in [-0.2, 0) is 0 Å². The van der Waals surface area contributed by atoms with Crippen molar-refractivity contribution in [3.8, 4) is 0 Å². The van der Waals surface area contributed by atoms with E-state index in [0.29, 0.717) is 0 Å². The molecule has 0 amide bonds. The molecule has 0 aliphatic carbocycles. The molecule has 3 heteroatoms. The fourth-order valence-corrected chi connectivity index (χ4v) is 3.22. The van der Waals surface area contributed by atoms with Crippen molar-refractivity contribution in [3.63, 3.8) is 0 Å². The maximum Gasteiger partial charge on any atom is 0.104 e. The second kappa shape index (κ2) is 4.00. The quantitative estimate of drug-likeness (QED) is 0.509. The average molecular weight is 264 g/mol. The fraction of sp³-hybridized carbons (Fsp3) is 0.0625. The summed E-state index contributed by atoms with van der Waals surface area (Å²) in [6.45, 7) is 0. The van der Waals surface area contributed by atoms with Crippen molar-refractivity contribution in [2.45, 2.75) is 5.03 Å². The summed E-state index contributed by atoms with van der Waals surface area (Å²) in [5, 5.41) is 4.74. The molecule has 4 rings (SSSR count). The summed E-state index contributed by atoms with van der Waals surface area (Å²) >= 11 is 1.70. The second-order valence-corrected chi connectivity index (χ2v) is 5.36. The molecule has 0 bridgehead atoms. The minimum absolute atomic E-state index is 1.07. The van der Waals surface area contributed by atoms with Crippen LogP contribution in [0.4, 0.5) is 0 Å². The van der Waals surface area contributed by atoms with Gasteiger partial charge in [-0.1, -0.05) is 42.5 Å². The molecule has 0 unspecified atom stereocenters. The van der Waals surface area contributed by atoms with Gasteiger partial charge < -0.3 is 4.98 Å². The highest BCUT2D eigenvalue weighted by Crippen LogP contribution is 2.33. The number of H-pyrrole nitrogens is 1. The molecule has 2 aromatic carbocycles. The minimum atomic E-state index is 1.07. The van der Waals surface area contributed by atoms with Gasteiger partial charge in [0, 0.05) is 21.7 Å². The first kappa shape index (κ1) is 10.9. The van der Waals surface area contributed by atoms with Crippen molar-refractivity contribution in [1.82, 2.24) is 9.97 Å². The molecule has 0 fully saturated rings. The fourth-order valence-electron chi connectivity index (χ4n) is 2.64. The van der Waals surface area contributed by atoms with Crippen molar-refractivity contribution >= 4 is 44.5 Å². The van der Waals surface area contributed by atoms with Gasteiger partial charge in [0.2, 0.25) is 0 Å². The van der Waals surface area contributed by atoms with Crippen molar-refractivity contribution in [3.05, 3.63) is 48.5 Å². The van der Waals surface area contributed by atoms with E-state index in [1.807, 2.05) is 0 Å². The molecule has 2 aromatic heterocycles. The average Bonchev–Trinajstić information content (AvgIpc) is 2.85. The van der Waals surface area contributed by atoms with Crippen LogP contribution in [0.25, 0.3) is 32.7 Å². The molecule has 0 spiro atoms. The molecule has 4 aromatic rings. The Hall–Kier alpha value is -2.00. The number of nitrogens with zero attached hydrogens (tertiary/aromatic N) is 1. The molecule has 19 heavy (non-hydrogen) atoms. The summed E-state index contributed by atoms with van der Waals surface area (Å²) in [7, 11) is 0. The van der Waals surface area contributed by atoms with Gasteiger partial charge in [0.1, 0.15) is 5.03 Å². The number of fused-ring (bicyclic) bond motifs is 5. The van der Waals surface area contributed by atoms with Crippen LogP contribution < -0.4 is 0 Å². The predicted octanol–water partition coefficient (Wildman–Crippen LogP) is 4.59. The molecule has 2 nitrogen and oxygen atoms in total. The van der Waals surface area contributed by atoms with Gasteiger partial charge in [-0.2, -0.15) is 0 Å².